The van der Waals surface area contributed by atoms with E-state index in [1.807, 2.05) is 12.1 Å². The van der Waals surface area contributed by atoms with E-state index in [2.05, 4.69) is 53.7 Å². The summed E-state index contributed by atoms with van der Waals surface area (Å²) in [5, 5.41) is 12.8. The number of rotatable bonds is 7. The zero-order valence-corrected chi connectivity index (χ0v) is 18.6. The Balaban J connectivity index is 1.38. The van der Waals surface area contributed by atoms with Crippen molar-refractivity contribution in [1.82, 2.24) is 10.2 Å². The molecule has 2 aliphatic heterocycles. The van der Waals surface area contributed by atoms with E-state index in [0.717, 1.165) is 56.9 Å². The number of methoxy groups -OCH3 is 1. The molecule has 0 bridgehead atoms. The predicted octanol–water partition coefficient (Wildman–Crippen LogP) is 4.18. The fourth-order valence-corrected chi connectivity index (χ4v) is 4.97. The second-order valence-electron chi connectivity index (χ2n) is 8.86. The van der Waals surface area contributed by atoms with Crippen LogP contribution >= 0.6 is 0 Å². The highest BCUT2D eigenvalue weighted by Crippen LogP contribution is 2.35. The molecule has 0 radical (unpaired) electrons. The van der Waals surface area contributed by atoms with Crippen molar-refractivity contribution >= 4 is 0 Å². The van der Waals surface area contributed by atoms with Gasteiger partial charge in [0.15, 0.2) is 0 Å². The first-order valence-electron chi connectivity index (χ1n) is 11.4. The number of hydrogen-bond donors (Lipinski definition) is 1. The molecule has 2 aromatic rings. The minimum absolute atomic E-state index is 0.190. The largest absolute Gasteiger partial charge is 0.497 e. The quantitative estimate of drug-likeness (QED) is 0.683. The molecule has 0 amide bonds. The number of nitrogens with one attached hydrogen (secondary N) is 1. The zero-order valence-electron chi connectivity index (χ0n) is 18.6. The Morgan fingerprint density at radius 3 is 2.74 bits per heavy atom. The maximum atomic E-state index is 9.34. The second kappa shape index (κ2) is 10.2. The Bertz CT molecular complexity index is 906. The Morgan fingerprint density at radius 2 is 1.97 bits per heavy atom. The Labute approximate surface area is 186 Å². The summed E-state index contributed by atoms with van der Waals surface area (Å²) in [5.74, 6) is 2.83. The molecular formula is C26H33N3O2. The van der Waals surface area contributed by atoms with Crippen molar-refractivity contribution < 1.29 is 9.47 Å². The molecule has 31 heavy (non-hydrogen) atoms. The highest BCUT2D eigenvalue weighted by Gasteiger charge is 2.26. The molecule has 2 aliphatic rings. The average Bonchev–Trinajstić information content (AvgIpc) is 2.81. The van der Waals surface area contributed by atoms with Crippen LogP contribution in [-0.2, 0) is 6.54 Å². The number of fused-ring (bicyclic) bond motifs is 1. The molecular weight excluding hydrogens is 386 g/mol. The molecule has 1 N–H and O–H groups in total. The third-order valence-electron chi connectivity index (χ3n) is 6.70. The van der Waals surface area contributed by atoms with E-state index in [1.54, 1.807) is 7.11 Å². The van der Waals surface area contributed by atoms with E-state index in [0.29, 0.717) is 18.4 Å². The normalized spacial score (nSPS) is 23.6. The molecule has 3 unspecified atom stereocenters. The van der Waals surface area contributed by atoms with Crippen LogP contribution in [0.2, 0.25) is 0 Å². The molecule has 0 aromatic heterocycles. The van der Waals surface area contributed by atoms with Crippen molar-refractivity contribution in [2.75, 3.05) is 40.4 Å². The number of nitrogens with zero attached hydrogens (tertiary/aromatic N) is 2. The lowest BCUT2D eigenvalue weighted by atomic mass is 9.84. The lowest BCUT2D eigenvalue weighted by Crippen LogP contribution is -2.36. The van der Waals surface area contributed by atoms with Gasteiger partial charge in [0.2, 0.25) is 0 Å². The van der Waals surface area contributed by atoms with Gasteiger partial charge in [-0.05, 0) is 86.3 Å². The van der Waals surface area contributed by atoms with E-state index in [1.165, 1.54) is 16.7 Å². The topological polar surface area (TPSA) is 57.5 Å². The monoisotopic (exact) mass is 419 g/mol. The summed E-state index contributed by atoms with van der Waals surface area (Å²) in [6.07, 6.45) is 2.99. The van der Waals surface area contributed by atoms with Crippen LogP contribution in [-0.4, -0.2) is 45.3 Å². The Morgan fingerprint density at radius 1 is 1.16 bits per heavy atom. The maximum absolute atomic E-state index is 9.34. The maximum Gasteiger partial charge on any atom is 0.119 e. The molecule has 5 nitrogen and oxygen atoms in total. The number of likely N-dealkylation sites (N-methyl/N-ethyl adjacent to an activating group) is 1. The van der Waals surface area contributed by atoms with Crippen molar-refractivity contribution in [2.24, 2.45) is 11.8 Å². The standard InChI is InChI=1S/C26H33N3O2/c1-29-17-22-14-24(31-13-3-4-21-16-28-12-11-20(21)15-27)9-10-25(22)26(18-29)19-5-7-23(30-2)8-6-19/h5-10,14,20-21,26,28H,3-4,11-13,16-18H2,1-2H3. The van der Waals surface area contributed by atoms with Crippen LogP contribution in [0.15, 0.2) is 42.5 Å². The predicted molar refractivity (Wildman–Crippen MR) is 122 cm³/mol. The van der Waals surface area contributed by atoms with Crippen LogP contribution in [0.5, 0.6) is 11.5 Å². The highest BCUT2D eigenvalue weighted by molar-refractivity contribution is 5.45. The van der Waals surface area contributed by atoms with E-state index in [9.17, 15) is 5.26 Å². The molecule has 0 aliphatic carbocycles. The molecule has 5 heteroatoms. The first-order valence-corrected chi connectivity index (χ1v) is 11.4. The number of nitriles is 1. The summed E-state index contributed by atoms with van der Waals surface area (Å²) in [4.78, 5) is 2.37. The van der Waals surface area contributed by atoms with Crippen molar-refractivity contribution in [1.29, 1.82) is 5.26 Å². The van der Waals surface area contributed by atoms with Gasteiger partial charge in [0.1, 0.15) is 11.5 Å². The van der Waals surface area contributed by atoms with Crippen LogP contribution in [0.1, 0.15) is 41.9 Å². The van der Waals surface area contributed by atoms with E-state index in [4.69, 9.17) is 9.47 Å². The Kier molecular flexibility index (Phi) is 7.11. The van der Waals surface area contributed by atoms with Crippen LogP contribution in [0.4, 0.5) is 0 Å². The van der Waals surface area contributed by atoms with Gasteiger partial charge < -0.3 is 19.7 Å². The Hall–Kier alpha value is -2.55. The number of ether oxygens (including phenoxy) is 2. The van der Waals surface area contributed by atoms with Gasteiger partial charge in [-0.25, -0.2) is 0 Å². The molecule has 1 saturated heterocycles. The van der Waals surface area contributed by atoms with Crippen LogP contribution < -0.4 is 14.8 Å². The van der Waals surface area contributed by atoms with E-state index in [-0.39, 0.29) is 5.92 Å². The van der Waals surface area contributed by atoms with Gasteiger partial charge >= 0.3 is 0 Å². The summed E-state index contributed by atoms with van der Waals surface area (Å²) in [7, 11) is 3.88. The third kappa shape index (κ3) is 5.20. The second-order valence-corrected chi connectivity index (χ2v) is 8.86. The lowest BCUT2D eigenvalue weighted by molar-refractivity contribution is 0.248. The molecule has 0 spiro atoms. The van der Waals surface area contributed by atoms with Gasteiger partial charge in [0.25, 0.3) is 0 Å². The SMILES string of the molecule is COc1ccc(C2CN(C)Cc3cc(OCCCC4CNCCC4C#N)ccc32)cc1. The number of piperidine rings is 1. The van der Waals surface area contributed by atoms with Crippen molar-refractivity contribution in [3.8, 4) is 17.6 Å². The van der Waals surface area contributed by atoms with Crippen LogP contribution in [0.25, 0.3) is 0 Å². The van der Waals surface area contributed by atoms with Gasteiger partial charge in [-0.2, -0.15) is 5.26 Å². The van der Waals surface area contributed by atoms with Gasteiger partial charge in [-0.1, -0.05) is 18.2 Å². The highest BCUT2D eigenvalue weighted by atomic mass is 16.5. The summed E-state index contributed by atoms with van der Waals surface area (Å²) in [6.45, 7) is 4.57. The molecule has 1 fully saturated rings. The molecule has 2 heterocycles. The fourth-order valence-electron chi connectivity index (χ4n) is 4.97. The van der Waals surface area contributed by atoms with Gasteiger partial charge in [-0.3, -0.25) is 0 Å². The van der Waals surface area contributed by atoms with E-state index < -0.39 is 0 Å². The number of hydrogen-bond acceptors (Lipinski definition) is 5. The molecule has 0 saturated carbocycles. The van der Waals surface area contributed by atoms with Crippen molar-refractivity contribution in [2.45, 2.75) is 31.7 Å². The van der Waals surface area contributed by atoms with Crippen molar-refractivity contribution in [3.63, 3.8) is 0 Å². The van der Waals surface area contributed by atoms with Gasteiger partial charge in [0.05, 0.1) is 25.7 Å². The molecule has 3 atom stereocenters. The summed E-state index contributed by atoms with van der Waals surface area (Å²) in [5.41, 5.74) is 4.05. The first kappa shape index (κ1) is 21.7. The zero-order chi connectivity index (χ0) is 21.6. The minimum atomic E-state index is 0.190. The smallest absolute Gasteiger partial charge is 0.119 e. The summed E-state index contributed by atoms with van der Waals surface area (Å²) < 4.78 is 11.4. The number of benzene rings is 2. The fraction of sp³-hybridized carbons (Fsp3) is 0.500. The van der Waals surface area contributed by atoms with Gasteiger partial charge in [-0.15, -0.1) is 0 Å². The van der Waals surface area contributed by atoms with Crippen molar-refractivity contribution in [3.05, 3.63) is 59.2 Å². The average molecular weight is 420 g/mol. The lowest BCUT2D eigenvalue weighted by Gasteiger charge is -2.33. The van der Waals surface area contributed by atoms with Crippen LogP contribution in [0.3, 0.4) is 0 Å². The minimum Gasteiger partial charge on any atom is -0.497 e. The first-order chi connectivity index (χ1) is 15.2. The molecule has 4 rings (SSSR count). The molecule has 164 valence electrons. The third-order valence-corrected chi connectivity index (χ3v) is 6.70. The van der Waals surface area contributed by atoms with Gasteiger partial charge in [0, 0.05) is 19.0 Å². The van der Waals surface area contributed by atoms with Crippen LogP contribution in [0, 0.1) is 23.2 Å². The summed E-state index contributed by atoms with van der Waals surface area (Å²) >= 11 is 0. The molecule has 2 aromatic carbocycles. The summed E-state index contributed by atoms with van der Waals surface area (Å²) in [6, 6.07) is 17.5. The van der Waals surface area contributed by atoms with E-state index >= 15 is 0 Å².